The average molecular weight is 483 g/mol. The van der Waals surface area contributed by atoms with Crippen molar-refractivity contribution in [1.82, 2.24) is 14.3 Å². The third-order valence-electron chi connectivity index (χ3n) is 7.23. The lowest BCUT2D eigenvalue weighted by molar-refractivity contribution is -0.123. The number of hydrogen-bond donors (Lipinski definition) is 1. The molecular weight excluding hydrogens is 452 g/mol. The van der Waals surface area contributed by atoms with Crippen LogP contribution in [0.3, 0.4) is 0 Å². The molecule has 3 fully saturated rings. The first kappa shape index (κ1) is 22.6. The van der Waals surface area contributed by atoms with Crippen molar-refractivity contribution in [2.24, 2.45) is 5.92 Å². The minimum atomic E-state index is -0.165. The molecule has 0 aromatic carbocycles. The van der Waals surface area contributed by atoms with E-state index < -0.39 is 0 Å². The Morgan fingerprint density at radius 3 is 2.61 bits per heavy atom. The third-order valence-corrected chi connectivity index (χ3v) is 8.56. The average Bonchev–Trinajstić information content (AvgIpc) is 3.41. The van der Waals surface area contributed by atoms with Gasteiger partial charge in [0, 0.05) is 18.3 Å². The summed E-state index contributed by atoms with van der Waals surface area (Å²) in [5.41, 5.74) is 1.85. The number of nitrogens with one attached hydrogen (secondary N) is 1. The summed E-state index contributed by atoms with van der Waals surface area (Å²) < 4.78 is 2.17. The molecule has 2 saturated carbocycles. The zero-order valence-corrected chi connectivity index (χ0v) is 20.8. The Labute approximate surface area is 203 Å². The zero-order chi connectivity index (χ0) is 23.1. The number of fused-ring (bicyclic) bond motifs is 1. The summed E-state index contributed by atoms with van der Waals surface area (Å²) in [4.78, 5) is 34.0. The molecule has 3 heterocycles. The smallest absolute Gasteiger partial charge is 0.267 e. The van der Waals surface area contributed by atoms with Gasteiger partial charge in [-0.05, 0) is 69.1 Å². The SMILES string of the molecule is Cc1cccn2c(=O)c(C=C3SC(=S)N(C4CCCC4)C3=O)c(NC3CCC(C)CC3)nc12. The lowest BCUT2D eigenvalue weighted by Crippen LogP contribution is -2.36. The second kappa shape index (κ2) is 9.22. The van der Waals surface area contributed by atoms with Crippen LogP contribution >= 0.6 is 24.0 Å². The molecule has 1 aliphatic heterocycles. The fraction of sp³-hybridized carbons (Fsp3) is 0.520. The van der Waals surface area contributed by atoms with Crippen LogP contribution in [0, 0.1) is 12.8 Å². The number of hydrogen-bond acceptors (Lipinski definition) is 6. The molecule has 0 radical (unpaired) electrons. The van der Waals surface area contributed by atoms with Crippen LogP contribution in [0.5, 0.6) is 0 Å². The second-order valence-electron chi connectivity index (χ2n) is 9.66. The number of nitrogens with zero attached hydrogens (tertiary/aromatic N) is 3. The van der Waals surface area contributed by atoms with E-state index in [0.717, 1.165) is 50.0 Å². The second-order valence-corrected chi connectivity index (χ2v) is 11.3. The normalized spacial score (nSPS) is 25.5. The van der Waals surface area contributed by atoms with Crippen LogP contribution in [0.1, 0.15) is 69.4 Å². The predicted molar refractivity (Wildman–Crippen MR) is 139 cm³/mol. The van der Waals surface area contributed by atoms with Gasteiger partial charge in [-0.25, -0.2) is 4.98 Å². The quantitative estimate of drug-likeness (QED) is 0.481. The summed E-state index contributed by atoms with van der Waals surface area (Å²) in [5.74, 6) is 1.22. The van der Waals surface area contributed by atoms with Crippen LogP contribution in [-0.2, 0) is 4.79 Å². The van der Waals surface area contributed by atoms with Crippen molar-refractivity contribution in [2.75, 3.05) is 5.32 Å². The Balaban J connectivity index is 1.56. The number of aromatic nitrogens is 2. The highest BCUT2D eigenvalue weighted by Crippen LogP contribution is 2.38. The highest BCUT2D eigenvalue weighted by molar-refractivity contribution is 8.26. The van der Waals surface area contributed by atoms with Crippen molar-refractivity contribution in [3.8, 4) is 0 Å². The zero-order valence-electron chi connectivity index (χ0n) is 19.2. The molecular formula is C25H30N4O2S2. The van der Waals surface area contributed by atoms with Gasteiger partial charge in [0.1, 0.15) is 15.8 Å². The molecule has 174 valence electrons. The maximum Gasteiger partial charge on any atom is 0.267 e. The first-order valence-corrected chi connectivity index (χ1v) is 13.2. The van der Waals surface area contributed by atoms with Crippen molar-refractivity contribution in [3.05, 3.63) is 44.7 Å². The molecule has 2 aromatic rings. The summed E-state index contributed by atoms with van der Waals surface area (Å²) >= 11 is 6.86. The summed E-state index contributed by atoms with van der Waals surface area (Å²) in [7, 11) is 0. The van der Waals surface area contributed by atoms with E-state index >= 15 is 0 Å². The third kappa shape index (κ3) is 4.35. The Morgan fingerprint density at radius 1 is 1.15 bits per heavy atom. The van der Waals surface area contributed by atoms with E-state index in [1.165, 1.54) is 24.6 Å². The Bertz CT molecular complexity index is 1190. The van der Waals surface area contributed by atoms with E-state index in [4.69, 9.17) is 17.2 Å². The van der Waals surface area contributed by atoms with Crippen molar-refractivity contribution in [3.63, 3.8) is 0 Å². The van der Waals surface area contributed by atoms with Crippen LogP contribution in [0.25, 0.3) is 11.7 Å². The Hall–Kier alpha value is -2.19. The maximum atomic E-state index is 13.6. The van der Waals surface area contributed by atoms with Crippen LogP contribution in [-0.4, -0.2) is 36.6 Å². The largest absolute Gasteiger partial charge is 0.367 e. The molecule has 3 aliphatic rings. The van der Waals surface area contributed by atoms with Crippen LogP contribution in [0.15, 0.2) is 28.0 Å². The number of carbonyl (C=O) groups is 1. The van der Waals surface area contributed by atoms with Crippen LogP contribution in [0.4, 0.5) is 5.82 Å². The lowest BCUT2D eigenvalue weighted by Gasteiger charge is -2.28. The molecule has 5 rings (SSSR count). The molecule has 2 aliphatic carbocycles. The molecule has 1 amide bonds. The Morgan fingerprint density at radius 2 is 1.88 bits per heavy atom. The monoisotopic (exact) mass is 482 g/mol. The predicted octanol–water partition coefficient (Wildman–Crippen LogP) is 5.14. The highest BCUT2D eigenvalue weighted by Gasteiger charge is 2.38. The molecule has 2 aromatic heterocycles. The lowest BCUT2D eigenvalue weighted by atomic mass is 9.87. The highest BCUT2D eigenvalue weighted by atomic mass is 32.2. The van der Waals surface area contributed by atoms with Crippen LogP contribution in [0.2, 0.25) is 0 Å². The van der Waals surface area contributed by atoms with Crippen molar-refractivity contribution in [1.29, 1.82) is 0 Å². The molecule has 0 unspecified atom stereocenters. The van der Waals surface area contributed by atoms with Crippen molar-refractivity contribution >= 4 is 51.7 Å². The van der Waals surface area contributed by atoms with E-state index in [9.17, 15) is 9.59 Å². The van der Waals surface area contributed by atoms with E-state index in [0.29, 0.717) is 26.3 Å². The van der Waals surface area contributed by atoms with Gasteiger partial charge in [0.15, 0.2) is 0 Å². The fourth-order valence-electron chi connectivity index (χ4n) is 5.24. The fourth-order valence-corrected chi connectivity index (χ4v) is 6.62. The molecule has 6 nitrogen and oxygen atoms in total. The summed E-state index contributed by atoms with van der Waals surface area (Å²) in [6, 6.07) is 4.27. The van der Waals surface area contributed by atoms with Gasteiger partial charge in [-0.15, -0.1) is 0 Å². The van der Waals surface area contributed by atoms with E-state index in [2.05, 4.69) is 12.2 Å². The van der Waals surface area contributed by atoms with E-state index in [1.54, 1.807) is 21.6 Å². The van der Waals surface area contributed by atoms with Crippen molar-refractivity contribution < 1.29 is 4.79 Å². The number of rotatable bonds is 4. The maximum absolute atomic E-state index is 13.6. The van der Waals surface area contributed by atoms with Crippen LogP contribution < -0.4 is 10.9 Å². The number of amides is 1. The number of thioether (sulfide) groups is 1. The van der Waals surface area contributed by atoms with E-state index in [1.807, 2.05) is 19.1 Å². The summed E-state index contributed by atoms with van der Waals surface area (Å²) in [6.07, 6.45) is 12.1. The number of thiocarbonyl (C=S) groups is 1. The Kier molecular flexibility index (Phi) is 6.31. The van der Waals surface area contributed by atoms with Gasteiger partial charge < -0.3 is 5.32 Å². The molecule has 0 bridgehead atoms. The molecule has 1 saturated heterocycles. The van der Waals surface area contributed by atoms with E-state index in [-0.39, 0.29) is 23.6 Å². The van der Waals surface area contributed by atoms with Gasteiger partial charge in [-0.1, -0.05) is 49.8 Å². The van der Waals surface area contributed by atoms with Gasteiger partial charge in [0.2, 0.25) is 0 Å². The van der Waals surface area contributed by atoms with Gasteiger partial charge in [0.25, 0.3) is 11.5 Å². The number of pyridine rings is 1. The topological polar surface area (TPSA) is 66.7 Å². The molecule has 33 heavy (non-hydrogen) atoms. The van der Waals surface area contributed by atoms with Gasteiger partial charge in [-0.2, -0.15) is 0 Å². The number of aryl methyl sites for hydroxylation is 1. The van der Waals surface area contributed by atoms with Gasteiger partial charge >= 0.3 is 0 Å². The first-order chi connectivity index (χ1) is 15.9. The molecule has 0 spiro atoms. The molecule has 1 N–H and O–H groups in total. The number of carbonyl (C=O) groups excluding carboxylic acids is 1. The van der Waals surface area contributed by atoms with Gasteiger partial charge in [0.05, 0.1) is 10.5 Å². The summed E-state index contributed by atoms with van der Waals surface area (Å²) in [6.45, 7) is 4.25. The van der Waals surface area contributed by atoms with Crippen molar-refractivity contribution in [2.45, 2.75) is 77.3 Å². The molecule has 0 atom stereocenters. The minimum Gasteiger partial charge on any atom is -0.367 e. The minimum absolute atomic E-state index is 0.0805. The standard InChI is InChI=1S/C25H30N4O2S2/c1-15-9-11-17(12-10-15)26-21-19(23(30)28-13-5-6-16(2)22(28)27-21)14-20-24(31)29(25(32)33-20)18-7-3-4-8-18/h5-6,13-15,17-18,26H,3-4,7-12H2,1-2H3. The number of anilines is 1. The van der Waals surface area contributed by atoms with Gasteiger partial charge in [-0.3, -0.25) is 18.9 Å². The summed E-state index contributed by atoms with van der Waals surface area (Å²) in [5, 5.41) is 3.56. The molecule has 8 heteroatoms. The first-order valence-electron chi connectivity index (χ1n) is 12.0.